The molecule has 0 amide bonds. The molecule has 0 fully saturated rings. The first-order valence-electron chi connectivity index (χ1n) is 5.08. The Bertz CT molecular complexity index is 667. The predicted molar refractivity (Wildman–Crippen MR) is 76.6 cm³/mol. The number of aryl methyl sites for hydroxylation is 1. The maximum atomic E-state index is 12.4. The minimum atomic E-state index is -3.55. The van der Waals surface area contributed by atoms with E-state index in [0.29, 0.717) is 10.3 Å². The van der Waals surface area contributed by atoms with Crippen LogP contribution in [0.5, 0.6) is 0 Å². The summed E-state index contributed by atoms with van der Waals surface area (Å²) < 4.78 is 26.8. The molecular formula is C11H11BrN2O2S2. The van der Waals surface area contributed by atoms with Gasteiger partial charge >= 0.3 is 0 Å². The van der Waals surface area contributed by atoms with Gasteiger partial charge in [-0.25, -0.2) is 13.4 Å². The quantitative estimate of drug-likeness (QED) is 0.858. The number of anilines is 1. The molecule has 0 unspecified atom stereocenters. The van der Waals surface area contributed by atoms with Gasteiger partial charge in [0, 0.05) is 17.2 Å². The highest BCUT2D eigenvalue weighted by atomic mass is 79.9. The molecule has 96 valence electrons. The zero-order valence-electron chi connectivity index (χ0n) is 9.79. The maximum Gasteiger partial charge on any atom is 0.275 e. The third-order valence-electron chi connectivity index (χ3n) is 2.38. The van der Waals surface area contributed by atoms with Crippen molar-refractivity contribution < 1.29 is 8.42 Å². The number of sulfonamides is 1. The van der Waals surface area contributed by atoms with Crippen LogP contribution in [0, 0.1) is 6.92 Å². The third kappa shape index (κ3) is 2.43. The number of pyridine rings is 1. The Kier molecular flexibility index (Phi) is 3.74. The maximum absolute atomic E-state index is 12.4. The molecule has 7 heteroatoms. The minimum Gasteiger partial charge on any atom is -0.252 e. The van der Waals surface area contributed by atoms with Crippen molar-refractivity contribution in [1.29, 1.82) is 0 Å². The van der Waals surface area contributed by atoms with Crippen molar-refractivity contribution in [2.24, 2.45) is 0 Å². The molecule has 0 aliphatic carbocycles. The van der Waals surface area contributed by atoms with Crippen LogP contribution >= 0.6 is 27.3 Å². The van der Waals surface area contributed by atoms with Crippen LogP contribution in [-0.4, -0.2) is 20.4 Å². The summed E-state index contributed by atoms with van der Waals surface area (Å²) in [5.41, 5.74) is 0.778. The summed E-state index contributed by atoms with van der Waals surface area (Å²) in [6, 6.07) is 7.00. The molecule has 2 aromatic rings. The average molecular weight is 347 g/mol. The molecule has 0 atom stereocenters. The Morgan fingerprint density at radius 1 is 1.33 bits per heavy atom. The smallest absolute Gasteiger partial charge is 0.252 e. The van der Waals surface area contributed by atoms with E-state index in [2.05, 4.69) is 20.9 Å². The first kappa shape index (κ1) is 13.5. The molecule has 2 heterocycles. The fraction of sp³-hybridized carbons (Fsp3) is 0.182. The fourth-order valence-electron chi connectivity index (χ4n) is 1.42. The zero-order chi connectivity index (χ0) is 13.3. The molecule has 0 aromatic carbocycles. The molecule has 0 aliphatic heterocycles. The molecule has 2 aromatic heterocycles. The lowest BCUT2D eigenvalue weighted by Gasteiger charge is -2.17. The highest BCUT2D eigenvalue weighted by molar-refractivity contribution is 9.10. The summed E-state index contributed by atoms with van der Waals surface area (Å²) in [6.07, 6.45) is 0. The lowest BCUT2D eigenvalue weighted by Crippen LogP contribution is -2.27. The second-order valence-corrected chi connectivity index (χ2v) is 7.60. The van der Waals surface area contributed by atoms with Crippen LogP contribution in [0.1, 0.15) is 5.69 Å². The van der Waals surface area contributed by atoms with E-state index in [1.807, 2.05) is 13.0 Å². The van der Waals surface area contributed by atoms with Crippen LogP contribution in [0.15, 0.2) is 38.3 Å². The molecule has 0 saturated carbocycles. The number of nitrogens with zero attached hydrogens (tertiary/aromatic N) is 2. The van der Waals surface area contributed by atoms with E-state index in [4.69, 9.17) is 0 Å². The van der Waals surface area contributed by atoms with E-state index in [1.54, 1.807) is 23.6 Å². The summed E-state index contributed by atoms with van der Waals surface area (Å²) in [5, 5.41) is 1.73. The summed E-state index contributed by atoms with van der Waals surface area (Å²) in [7, 11) is -2.05. The Labute approximate surface area is 118 Å². The SMILES string of the molecule is Cc1cccc(N(C)S(=O)(=O)c2sccc2Br)n1. The number of thiophene rings is 1. The lowest BCUT2D eigenvalue weighted by molar-refractivity contribution is 0.595. The van der Waals surface area contributed by atoms with Gasteiger partial charge in [-0.05, 0) is 46.4 Å². The Morgan fingerprint density at radius 2 is 2.06 bits per heavy atom. The Balaban J connectivity index is 2.46. The van der Waals surface area contributed by atoms with E-state index >= 15 is 0 Å². The van der Waals surface area contributed by atoms with Gasteiger partial charge in [0.25, 0.3) is 10.0 Å². The van der Waals surface area contributed by atoms with Crippen molar-refractivity contribution in [3.8, 4) is 0 Å². The molecule has 18 heavy (non-hydrogen) atoms. The van der Waals surface area contributed by atoms with Gasteiger partial charge in [-0.2, -0.15) is 0 Å². The fourth-order valence-corrected chi connectivity index (χ4v) is 5.02. The van der Waals surface area contributed by atoms with Gasteiger partial charge in [0.1, 0.15) is 5.82 Å². The van der Waals surface area contributed by atoms with Crippen LogP contribution in [0.2, 0.25) is 0 Å². The number of hydrogen-bond donors (Lipinski definition) is 0. The molecule has 0 saturated heterocycles. The van der Waals surface area contributed by atoms with Crippen molar-refractivity contribution in [2.45, 2.75) is 11.1 Å². The van der Waals surface area contributed by atoms with Gasteiger partial charge in [-0.15, -0.1) is 11.3 Å². The average Bonchev–Trinajstić information content (AvgIpc) is 2.75. The van der Waals surface area contributed by atoms with Crippen molar-refractivity contribution in [1.82, 2.24) is 4.98 Å². The van der Waals surface area contributed by atoms with Crippen molar-refractivity contribution in [2.75, 3.05) is 11.4 Å². The highest BCUT2D eigenvalue weighted by Gasteiger charge is 2.25. The van der Waals surface area contributed by atoms with E-state index in [0.717, 1.165) is 5.69 Å². The third-order valence-corrected chi connectivity index (χ3v) is 6.78. The normalized spacial score (nSPS) is 11.5. The summed E-state index contributed by atoms with van der Waals surface area (Å²) in [5.74, 6) is 0.412. The van der Waals surface area contributed by atoms with E-state index in [-0.39, 0.29) is 4.21 Å². The number of rotatable bonds is 3. The number of hydrogen-bond acceptors (Lipinski definition) is 4. The largest absolute Gasteiger partial charge is 0.275 e. The number of halogens is 1. The van der Waals surface area contributed by atoms with Gasteiger partial charge in [0.05, 0.1) is 0 Å². The summed E-state index contributed by atoms with van der Waals surface area (Å²) in [6.45, 7) is 1.82. The summed E-state index contributed by atoms with van der Waals surface area (Å²) >= 11 is 4.42. The van der Waals surface area contributed by atoms with E-state index in [1.165, 1.54) is 22.7 Å². The van der Waals surface area contributed by atoms with Crippen LogP contribution in [0.25, 0.3) is 0 Å². The second-order valence-electron chi connectivity index (χ2n) is 3.67. The van der Waals surface area contributed by atoms with Crippen molar-refractivity contribution >= 4 is 43.1 Å². The molecule has 0 bridgehead atoms. The van der Waals surface area contributed by atoms with Gasteiger partial charge in [0.15, 0.2) is 4.21 Å². The monoisotopic (exact) mass is 346 g/mol. The van der Waals surface area contributed by atoms with Crippen LogP contribution in [-0.2, 0) is 10.0 Å². The van der Waals surface area contributed by atoms with Gasteiger partial charge in [-0.3, -0.25) is 4.31 Å². The van der Waals surface area contributed by atoms with Gasteiger partial charge in [-0.1, -0.05) is 6.07 Å². The van der Waals surface area contributed by atoms with Gasteiger partial charge < -0.3 is 0 Å². The van der Waals surface area contributed by atoms with Crippen LogP contribution in [0.3, 0.4) is 0 Å². The standard InChI is InChI=1S/C11H11BrN2O2S2/c1-8-4-3-5-10(13-8)14(2)18(15,16)11-9(12)6-7-17-11/h3-7H,1-2H3. The minimum absolute atomic E-state index is 0.285. The highest BCUT2D eigenvalue weighted by Crippen LogP contribution is 2.31. The van der Waals surface area contributed by atoms with Crippen molar-refractivity contribution in [3.05, 3.63) is 39.8 Å². The second kappa shape index (κ2) is 4.99. The predicted octanol–water partition coefficient (Wildman–Crippen LogP) is 3.04. The molecule has 0 spiro atoms. The lowest BCUT2D eigenvalue weighted by atomic mass is 10.4. The topological polar surface area (TPSA) is 50.3 Å². The van der Waals surface area contributed by atoms with E-state index < -0.39 is 10.0 Å². The van der Waals surface area contributed by atoms with Crippen LogP contribution < -0.4 is 4.31 Å². The molecule has 4 nitrogen and oxygen atoms in total. The van der Waals surface area contributed by atoms with E-state index in [9.17, 15) is 8.42 Å². The molecule has 0 N–H and O–H groups in total. The number of aromatic nitrogens is 1. The molecule has 2 rings (SSSR count). The Hall–Kier alpha value is -0.920. The van der Waals surface area contributed by atoms with Crippen LogP contribution in [0.4, 0.5) is 5.82 Å². The molecule has 0 radical (unpaired) electrons. The molecular weight excluding hydrogens is 336 g/mol. The molecule has 0 aliphatic rings. The van der Waals surface area contributed by atoms with Crippen molar-refractivity contribution in [3.63, 3.8) is 0 Å². The first-order valence-corrected chi connectivity index (χ1v) is 8.20. The Morgan fingerprint density at radius 3 is 2.61 bits per heavy atom. The summed E-state index contributed by atoms with van der Waals surface area (Å²) in [4.78, 5) is 4.22. The first-order chi connectivity index (χ1) is 8.43. The van der Waals surface area contributed by atoms with Gasteiger partial charge in [0.2, 0.25) is 0 Å². The zero-order valence-corrected chi connectivity index (χ0v) is 13.0.